The molecule has 17 heavy (non-hydrogen) atoms. The van der Waals surface area contributed by atoms with Crippen LogP contribution < -0.4 is 0 Å². The minimum Gasteiger partial charge on any atom is -0.318 e. The Hall–Kier alpha value is -1.54. The maximum absolute atomic E-state index is 6.25. The van der Waals surface area contributed by atoms with E-state index in [2.05, 4.69) is 40.4 Å². The van der Waals surface area contributed by atoms with E-state index in [4.69, 9.17) is 11.6 Å². The van der Waals surface area contributed by atoms with E-state index in [0.29, 0.717) is 11.1 Å². The Morgan fingerprint density at radius 1 is 1.35 bits per heavy atom. The molecule has 3 heteroatoms. The molecule has 0 fully saturated rings. The lowest BCUT2D eigenvalue weighted by molar-refractivity contribution is 0.720. The van der Waals surface area contributed by atoms with Crippen LogP contribution in [0.4, 0.5) is 0 Å². The third-order valence-corrected chi connectivity index (χ3v) is 3.71. The van der Waals surface area contributed by atoms with E-state index in [-0.39, 0.29) is 0 Å². The predicted molar refractivity (Wildman–Crippen MR) is 70.2 cm³/mol. The maximum Gasteiger partial charge on any atom is 0.136 e. The zero-order chi connectivity index (χ0) is 11.8. The predicted octanol–water partition coefficient (Wildman–Crippen LogP) is 3.72. The Kier molecular flexibility index (Phi) is 2.52. The molecule has 1 aromatic carbocycles. The summed E-state index contributed by atoms with van der Waals surface area (Å²) in [6.45, 7) is 4.68. The van der Waals surface area contributed by atoms with Crippen molar-refractivity contribution in [2.45, 2.75) is 18.9 Å². The van der Waals surface area contributed by atoms with E-state index in [1.807, 2.05) is 6.07 Å². The van der Waals surface area contributed by atoms with Gasteiger partial charge in [0.15, 0.2) is 0 Å². The van der Waals surface area contributed by atoms with E-state index < -0.39 is 0 Å². The normalized spacial score (nSPS) is 18.1. The lowest BCUT2D eigenvalue weighted by atomic mass is 9.97. The highest BCUT2D eigenvalue weighted by molar-refractivity contribution is 6.31. The zero-order valence-corrected chi connectivity index (χ0v) is 10.2. The zero-order valence-electron chi connectivity index (χ0n) is 9.44. The molecule has 1 aliphatic heterocycles. The van der Waals surface area contributed by atoms with Gasteiger partial charge in [0.2, 0.25) is 0 Å². The average molecular weight is 245 g/mol. The smallest absolute Gasteiger partial charge is 0.136 e. The molecule has 2 aromatic rings. The topological polar surface area (TPSA) is 17.8 Å². The van der Waals surface area contributed by atoms with Crippen LogP contribution in [0.15, 0.2) is 36.9 Å². The Labute approximate surface area is 106 Å². The molecule has 86 valence electrons. The highest BCUT2D eigenvalue weighted by atomic mass is 35.5. The molecule has 2 heterocycles. The summed E-state index contributed by atoms with van der Waals surface area (Å²) in [6, 6.07) is 10.5. The minimum atomic E-state index is 0.363. The van der Waals surface area contributed by atoms with E-state index in [0.717, 1.165) is 24.5 Å². The summed E-state index contributed by atoms with van der Waals surface area (Å²) >= 11 is 6.25. The maximum atomic E-state index is 6.25. The summed E-state index contributed by atoms with van der Waals surface area (Å²) in [5, 5.41) is 0.716. The third kappa shape index (κ3) is 1.60. The molecular weight excluding hydrogens is 232 g/mol. The lowest BCUT2D eigenvalue weighted by Gasteiger charge is -2.07. The number of fused-ring (bicyclic) bond motifs is 1. The van der Waals surface area contributed by atoms with Crippen LogP contribution in [0.1, 0.15) is 29.4 Å². The lowest BCUT2D eigenvalue weighted by Crippen LogP contribution is -1.98. The summed E-state index contributed by atoms with van der Waals surface area (Å²) in [5.41, 5.74) is 2.10. The van der Waals surface area contributed by atoms with Crippen molar-refractivity contribution in [2.75, 3.05) is 0 Å². The molecule has 1 aliphatic rings. The number of nitrogens with zero attached hydrogens (tertiary/aromatic N) is 2. The SMILES string of the molecule is C=Cc1nc2n(c1Cl)CCC2c1ccccc1. The summed E-state index contributed by atoms with van der Waals surface area (Å²) in [6.07, 6.45) is 2.79. The number of aromatic nitrogens is 2. The molecule has 0 saturated heterocycles. The molecule has 0 spiro atoms. The fraction of sp³-hybridized carbons (Fsp3) is 0.214. The Balaban J connectivity index is 2.07. The quantitative estimate of drug-likeness (QED) is 0.787. The fourth-order valence-corrected chi connectivity index (χ4v) is 2.76. The van der Waals surface area contributed by atoms with Crippen LogP contribution in [0, 0.1) is 0 Å². The van der Waals surface area contributed by atoms with Crippen molar-refractivity contribution in [1.82, 2.24) is 9.55 Å². The second-order valence-corrected chi connectivity index (χ2v) is 4.61. The van der Waals surface area contributed by atoms with Gasteiger partial charge in [-0.25, -0.2) is 4.98 Å². The average Bonchev–Trinajstić information content (AvgIpc) is 2.91. The van der Waals surface area contributed by atoms with Crippen LogP contribution in [0.3, 0.4) is 0 Å². The first kappa shape index (κ1) is 10.6. The first-order valence-corrected chi connectivity index (χ1v) is 6.12. The largest absolute Gasteiger partial charge is 0.318 e. The molecule has 0 aliphatic carbocycles. The highest BCUT2D eigenvalue weighted by Gasteiger charge is 2.28. The van der Waals surface area contributed by atoms with Gasteiger partial charge in [-0.1, -0.05) is 48.5 Å². The molecule has 0 saturated carbocycles. The summed E-state index contributed by atoms with van der Waals surface area (Å²) in [4.78, 5) is 4.58. The molecular formula is C14H13ClN2. The standard InChI is InChI=1S/C14H13ClN2/c1-2-12-13(15)17-9-8-11(14(17)16-12)10-6-4-3-5-7-10/h2-7,11H,1,8-9H2. The number of hydrogen-bond acceptors (Lipinski definition) is 1. The summed E-state index contributed by atoms with van der Waals surface area (Å²) in [7, 11) is 0. The van der Waals surface area contributed by atoms with Crippen molar-refractivity contribution in [3.8, 4) is 0 Å². The van der Waals surface area contributed by atoms with Crippen LogP contribution in [0.5, 0.6) is 0 Å². The summed E-state index contributed by atoms with van der Waals surface area (Å²) in [5.74, 6) is 1.43. The van der Waals surface area contributed by atoms with Gasteiger partial charge in [-0.2, -0.15) is 0 Å². The fourth-order valence-electron chi connectivity index (χ4n) is 2.47. The molecule has 0 radical (unpaired) electrons. The van der Waals surface area contributed by atoms with E-state index in [1.165, 1.54) is 5.56 Å². The van der Waals surface area contributed by atoms with Gasteiger partial charge in [0, 0.05) is 12.5 Å². The van der Waals surface area contributed by atoms with Gasteiger partial charge in [-0.05, 0) is 18.1 Å². The monoisotopic (exact) mass is 244 g/mol. The minimum absolute atomic E-state index is 0.363. The number of rotatable bonds is 2. The molecule has 0 amide bonds. The van der Waals surface area contributed by atoms with Gasteiger partial charge in [0.05, 0.1) is 0 Å². The Morgan fingerprint density at radius 2 is 2.12 bits per heavy atom. The molecule has 0 bridgehead atoms. The van der Waals surface area contributed by atoms with Crippen LogP contribution in [-0.2, 0) is 6.54 Å². The van der Waals surface area contributed by atoms with Gasteiger partial charge >= 0.3 is 0 Å². The Bertz CT molecular complexity index is 557. The van der Waals surface area contributed by atoms with Gasteiger partial charge in [0.1, 0.15) is 16.7 Å². The number of hydrogen-bond donors (Lipinski definition) is 0. The van der Waals surface area contributed by atoms with E-state index in [9.17, 15) is 0 Å². The van der Waals surface area contributed by atoms with Gasteiger partial charge in [0.25, 0.3) is 0 Å². The van der Waals surface area contributed by atoms with Crippen molar-refractivity contribution < 1.29 is 0 Å². The van der Waals surface area contributed by atoms with Crippen LogP contribution >= 0.6 is 11.6 Å². The van der Waals surface area contributed by atoms with Gasteiger partial charge in [-0.3, -0.25) is 0 Å². The summed E-state index contributed by atoms with van der Waals surface area (Å²) < 4.78 is 2.09. The second-order valence-electron chi connectivity index (χ2n) is 4.25. The molecule has 1 aromatic heterocycles. The van der Waals surface area contributed by atoms with Crippen LogP contribution in [0.2, 0.25) is 5.15 Å². The van der Waals surface area contributed by atoms with Crippen molar-refractivity contribution in [3.63, 3.8) is 0 Å². The second kappa shape index (κ2) is 4.04. The van der Waals surface area contributed by atoms with Crippen molar-refractivity contribution in [3.05, 3.63) is 59.1 Å². The van der Waals surface area contributed by atoms with Gasteiger partial charge < -0.3 is 4.57 Å². The van der Waals surface area contributed by atoms with E-state index in [1.54, 1.807) is 6.08 Å². The number of benzene rings is 1. The van der Waals surface area contributed by atoms with Crippen molar-refractivity contribution >= 4 is 17.7 Å². The van der Waals surface area contributed by atoms with Crippen LogP contribution in [0.25, 0.3) is 6.08 Å². The molecule has 1 atom stereocenters. The number of halogens is 1. The molecule has 3 rings (SSSR count). The van der Waals surface area contributed by atoms with Gasteiger partial charge in [-0.15, -0.1) is 0 Å². The molecule has 0 N–H and O–H groups in total. The molecule has 1 unspecified atom stereocenters. The highest BCUT2D eigenvalue weighted by Crippen LogP contribution is 2.37. The third-order valence-electron chi connectivity index (χ3n) is 3.31. The molecule has 2 nitrogen and oxygen atoms in total. The first-order chi connectivity index (χ1) is 8.31. The first-order valence-electron chi connectivity index (χ1n) is 5.74. The van der Waals surface area contributed by atoms with Crippen molar-refractivity contribution in [2.24, 2.45) is 0 Å². The van der Waals surface area contributed by atoms with Crippen LogP contribution in [-0.4, -0.2) is 9.55 Å². The number of imidazole rings is 1. The van der Waals surface area contributed by atoms with E-state index >= 15 is 0 Å². The van der Waals surface area contributed by atoms with Crippen molar-refractivity contribution in [1.29, 1.82) is 0 Å². The Morgan fingerprint density at radius 3 is 2.82 bits per heavy atom.